The standard InChI is InChI=1S/C25H34N2O3S/c1-5-19(3)26-25(29)23(6-2)27(16-21-13-10-14-22(15-21)30-4)24(28)18-31-17-20-11-8-7-9-12-20/h7-15,19,23H,5-6,16-18H2,1-4H3,(H,26,29)/t19-,23-/m1/s1. The average Bonchev–Trinajstić information content (AvgIpc) is 2.79. The Morgan fingerprint density at radius 2 is 1.74 bits per heavy atom. The van der Waals surface area contributed by atoms with Crippen LogP contribution in [0.25, 0.3) is 0 Å². The maximum atomic E-state index is 13.2. The van der Waals surface area contributed by atoms with Crippen molar-refractivity contribution in [3.8, 4) is 5.75 Å². The van der Waals surface area contributed by atoms with Crippen molar-refractivity contribution in [2.24, 2.45) is 0 Å². The highest BCUT2D eigenvalue weighted by Crippen LogP contribution is 2.19. The van der Waals surface area contributed by atoms with E-state index in [4.69, 9.17) is 4.74 Å². The number of nitrogens with zero attached hydrogens (tertiary/aromatic N) is 1. The second-order valence-electron chi connectivity index (χ2n) is 7.59. The van der Waals surface area contributed by atoms with Crippen LogP contribution in [-0.4, -0.2) is 41.7 Å². The molecule has 2 aromatic carbocycles. The Bertz CT molecular complexity index is 829. The number of benzene rings is 2. The highest BCUT2D eigenvalue weighted by molar-refractivity contribution is 7.99. The van der Waals surface area contributed by atoms with Gasteiger partial charge in [0, 0.05) is 18.3 Å². The summed E-state index contributed by atoms with van der Waals surface area (Å²) in [5.41, 5.74) is 2.12. The number of carbonyl (C=O) groups excluding carboxylic acids is 2. The van der Waals surface area contributed by atoms with Crippen molar-refractivity contribution in [1.82, 2.24) is 10.2 Å². The molecule has 6 heteroatoms. The van der Waals surface area contributed by atoms with Crippen LogP contribution in [0.15, 0.2) is 54.6 Å². The van der Waals surface area contributed by atoms with Crippen molar-refractivity contribution in [2.75, 3.05) is 12.9 Å². The monoisotopic (exact) mass is 442 g/mol. The first-order chi connectivity index (χ1) is 15.0. The fourth-order valence-corrected chi connectivity index (χ4v) is 4.11. The summed E-state index contributed by atoms with van der Waals surface area (Å²) in [6.45, 7) is 6.33. The minimum Gasteiger partial charge on any atom is -0.497 e. The molecule has 2 amide bonds. The zero-order valence-corrected chi connectivity index (χ0v) is 19.8. The molecule has 5 nitrogen and oxygen atoms in total. The Kier molecular flexibility index (Phi) is 10.4. The maximum absolute atomic E-state index is 13.2. The van der Waals surface area contributed by atoms with Crippen molar-refractivity contribution >= 4 is 23.6 Å². The van der Waals surface area contributed by atoms with Crippen LogP contribution >= 0.6 is 11.8 Å². The summed E-state index contributed by atoms with van der Waals surface area (Å²) < 4.78 is 5.33. The van der Waals surface area contributed by atoms with Crippen molar-refractivity contribution < 1.29 is 14.3 Å². The Morgan fingerprint density at radius 3 is 2.39 bits per heavy atom. The summed E-state index contributed by atoms with van der Waals surface area (Å²) in [7, 11) is 1.62. The van der Waals surface area contributed by atoms with E-state index in [1.54, 1.807) is 23.8 Å². The number of carbonyl (C=O) groups is 2. The van der Waals surface area contributed by atoms with Crippen molar-refractivity contribution in [1.29, 1.82) is 0 Å². The Balaban J connectivity index is 2.16. The zero-order valence-electron chi connectivity index (χ0n) is 19.0. The molecule has 0 aliphatic heterocycles. The van der Waals surface area contributed by atoms with E-state index in [9.17, 15) is 9.59 Å². The van der Waals surface area contributed by atoms with E-state index in [2.05, 4.69) is 17.4 Å². The first-order valence-corrected chi connectivity index (χ1v) is 12.0. The van der Waals surface area contributed by atoms with Gasteiger partial charge in [-0.15, -0.1) is 11.8 Å². The molecule has 2 rings (SSSR count). The van der Waals surface area contributed by atoms with E-state index in [0.29, 0.717) is 18.7 Å². The third-order valence-corrected chi connectivity index (χ3v) is 6.20. The SMILES string of the molecule is CC[C@@H](C)NC(=O)[C@@H](CC)N(Cc1cccc(OC)c1)C(=O)CSCc1ccccc1. The van der Waals surface area contributed by atoms with E-state index in [0.717, 1.165) is 23.5 Å². The predicted molar refractivity (Wildman–Crippen MR) is 128 cm³/mol. The van der Waals surface area contributed by atoms with Crippen LogP contribution in [0.3, 0.4) is 0 Å². The van der Waals surface area contributed by atoms with Crippen LogP contribution < -0.4 is 10.1 Å². The van der Waals surface area contributed by atoms with Crippen LogP contribution in [0.5, 0.6) is 5.75 Å². The number of ether oxygens (including phenoxy) is 1. The fourth-order valence-electron chi connectivity index (χ4n) is 3.24. The summed E-state index contributed by atoms with van der Waals surface area (Å²) in [6, 6.07) is 17.3. The van der Waals surface area contributed by atoms with Gasteiger partial charge in [0.05, 0.1) is 12.9 Å². The number of amides is 2. The summed E-state index contributed by atoms with van der Waals surface area (Å²) in [6.07, 6.45) is 1.40. The number of thioether (sulfide) groups is 1. The lowest BCUT2D eigenvalue weighted by molar-refractivity contribution is -0.139. The molecule has 1 N–H and O–H groups in total. The quantitative estimate of drug-likeness (QED) is 0.520. The molecule has 2 aromatic rings. The molecule has 31 heavy (non-hydrogen) atoms. The van der Waals surface area contributed by atoms with E-state index in [-0.39, 0.29) is 17.9 Å². The first kappa shape index (κ1) is 24.8. The Labute approximate surface area is 190 Å². The van der Waals surface area contributed by atoms with Gasteiger partial charge in [0.2, 0.25) is 11.8 Å². The van der Waals surface area contributed by atoms with Gasteiger partial charge in [-0.25, -0.2) is 0 Å². The molecular formula is C25H34N2O3S. The lowest BCUT2D eigenvalue weighted by Crippen LogP contribution is -2.51. The van der Waals surface area contributed by atoms with Crippen LogP contribution in [0, 0.1) is 0 Å². The molecule has 0 heterocycles. The van der Waals surface area contributed by atoms with Gasteiger partial charge in [-0.3, -0.25) is 9.59 Å². The predicted octanol–water partition coefficient (Wildman–Crippen LogP) is 4.65. The van der Waals surface area contributed by atoms with Crippen LogP contribution in [0.4, 0.5) is 0 Å². The topological polar surface area (TPSA) is 58.6 Å². The van der Waals surface area contributed by atoms with E-state index in [1.807, 2.05) is 63.2 Å². The molecule has 0 saturated carbocycles. The highest BCUT2D eigenvalue weighted by Gasteiger charge is 2.29. The smallest absolute Gasteiger partial charge is 0.243 e. The highest BCUT2D eigenvalue weighted by atomic mass is 32.2. The molecule has 2 atom stereocenters. The molecule has 0 unspecified atom stereocenters. The molecule has 0 bridgehead atoms. The zero-order chi connectivity index (χ0) is 22.6. The molecule has 0 aliphatic carbocycles. The number of nitrogens with one attached hydrogen (secondary N) is 1. The van der Waals surface area contributed by atoms with Gasteiger partial charge in [0.25, 0.3) is 0 Å². The normalized spacial score (nSPS) is 12.6. The molecule has 0 saturated heterocycles. The largest absolute Gasteiger partial charge is 0.497 e. The minimum atomic E-state index is -0.509. The Hall–Kier alpha value is -2.47. The number of hydrogen-bond acceptors (Lipinski definition) is 4. The van der Waals surface area contributed by atoms with E-state index in [1.165, 1.54) is 5.56 Å². The van der Waals surface area contributed by atoms with Crippen molar-refractivity contribution in [3.63, 3.8) is 0 Å². The minimum absolute atomic E-state index is 0.0325. The summed E-state index contributed by atoms with van der Waals surface area (Å²) in [5.74, 6) is 1.69. The molecule has 0 spiro atoms. The fraction of sp³-hybridized carbons (Fsp3) is 0.440. The van der Waals surface area contributed by atoms with Gasteiger partial charge in [-0.05, 0) is 43.0 Å². The Morgan fingerprint density at radius 1 is 1.03 bits per heavy atom. The van der Waals surface area contributed by atoms with Gasteiger partial charge in [-0.1, -0.05) is 56.3 Å². The molecular weight excluding hydrogens is 408 g/mol. The lowest BCUT2D eigenvalue weighted by Gasteiger charge is -2.31. The van der Waals surface area contributed by atoms with Gasteiger partial charge >= 0.3 is 0 Å². The molecule has 0 aromatic heterocycles. The molecule has 0 radical (unpaired) electrons. The summed E-state index contributed by atoms with van der Waals surface area (Å²) in [5, 5.41) is 3.04. The van der Waals surface area contributed by atoms with Gasteiger partial charge in [-0.2, -0.15) is 0 Å². The van der Waals surface area contributed by atoms with Crippen LogP contribution in [0.1, 0.15) is 44.7 Å². The third kappa shape index (κ3) is 7.94. The second kappa shape index (κ2) is 13.1. The molecule has 168 valence electrons. The average molecular weight is 443 g/mol. The first-order valence-electron chi connectivity index (χ1n) is 10.8. The molecule has 0 aliphatic rings. The van der Waals surface area contributed by atoms with Gasteiger partial charge in [0.1, 0.15) is 11.8 Å². The number of rotatable bonds is 12. The van der Waals surface area contributed by atoms with Crippen LogP contribution in [-0.2, 0) is 21.9 Å². The number of methoxy groups -OCH3 is 1. The molecule has 0 fully saturated rings. The van der Waals surface area contributed by atoms with Gasteiger partial charge in [0.15, 0.2) is 0 Å². The van der Waals surface area contributed by atoms with E-state index >= 15 is 0 Å². The van der Waals surface area contributed by atoms with Gasteiger partial charge < -0.3 is 15.0 Å². The van der Waals surface area contributed by atoms with E-state index < -0.39 is 6.04 Å². The summed E-state index contributed by atoms with van der Waals surface area (Å²) >= 11 is 1.57. The maximum Gasteiger partial charge on any atom is 0.243 e. The van der Waals surface area contributed by atoms with Crippen molar-refractivity contribution in [3.05, 3.63) is 65.7 Å². The second-order valence-corrected chi connectivity index (χ2v) is 8.58. The van der Waals surface area contributed by atoms with Crippen molar-refractivity contribution in [2.45, 2.75) is 58.0 Å². The third-order valence-electron chi connectivity index (χ3n) is 5.21. The summed E-state index contributed by atoms with van der Waals surface area (Å²) in [4.78, 5) is 27.9. The number of hydrogen-bond donors (Lipinski definition) is 1. The van der Waals surface area contributed by atoms with Crippen LogP contribution in [0.2, 0.25) is 0 Å². The lowest BCUT2D eigenvalue weighted by atomic mass is 10.1.